The Morgan fingerprint density at radius 1 is 1.32 bits per heavy atom. The van der Waals surface area contributed by atoms with E-state index in [0.29, 0.717) is 18.8 Å². The maximum absolute atomic E-state index is 13.1. The molecule has 0 aromatic heterocycles. The van der Waals surface area contributed by atoms with Crippen LogP contribution in [0, 0.1) is 20.9 Å². The van der Waals surface area contributed by atoms with Crippen LogP contribution in [0.2, 0.25) is 0 Å². The van der Waals surface area contributed by atoms with Crippen molar-refractivity contribution in [3.63, 3.8) is 0 Å². The topological polar surface area (TPSA) is 131 Å². The predicted molar refractivity (Wildman–Crippen MR) is 117 cm³/mol. The fourth-order valence-electron chi connectivity index (χ4n) is 4.31. The highest BCUT2D eigenvalue weighted by Crippen LogP contribution is 2.33. The summed E-state index contributed by atoms with van der Waals surface area (Å²) in [7, 11) is 0. The zero-order valence-electron chi connectivity index (χ0n) is 17.7. The average molecular weight is 431 g/mol. The van der Waals surface area contributed by atoms with E-state index in [2.05, 4.69) is 22.3 Å². The van der Waals surface area contributed by atoms with Crippen LogP contribution in [0.5, 0.6) is 5.75 Å². The molecule has 2 N–H and O–H groups in total. The summed E-state index contributed by atoms with van der Waals surface area (Å²) in [5.74, 6) is 0.0389. The van der Waals surface area contributed by atoms with E-state index in [4.69, 9.17) is 10.5 Å². The van der Waals surface area contributed by atoms with Crippen molar-refractivity contribution >= 4 is 17.3 Å². The second-order valence-corrected chi connectivity index (χ2v) is 8.01. The number of piperidine rings is 1. The summed E-state index contributed by atoms with van der Waals surface area (Å²) in [4.78, 5) is 37.7. The van der Waals surface area contributed by atoms with Gasteiger partial charge in [-0.05, 0) is 44.9 Å². The van der Waals surface area contributed by atoms with E-state index in [0.717, 1.165) is 43.6 Å². The predicted octanol–water partition coefficient (Wildman–Crippen LogP) is 3.52. The van der Waals surface area contributed by atoms with E-state index in [1.54, 1.807) is 6.92 Å². The quantitative estimate of drug-likeness (QED) is 0.219. The van der Waals surface area contributed by atoms with Crippen LogP contribution >= 0.6 is 0 Å². The summed E-state index contributed by atoms with van der Waals surface area (Å²) in [6.45, 7) is 4.51. The van der Waals surface area contributed by atoms with Crippen LogP contribution < -0.4 is 10.5 Å². The molecule has 1 saturated heterocycles. The number of nitro groups is 1. The minimum atomic E-state index is -0.711. The molecule has 1 aromatic rings. The summed E-state index contributed by atoms with van der Waals surface area (Å²) < 4.78 is 5.45. The van der Waals surface area contributed by atoms with E-state index in [9.17, 15) is 19.8 Å². The summed E-state index contributed by atoms with van der Waals surface area (Å²) in [5, 5.41) is 15.1. The SMILES string of the molecule is CCOc1cc(N)c([N+](=O)[O-])cc1C(=O)N(N=O)C1CCN(CC2CC=CCC2)CC1. The van der Waals surface area contributed by atoms with Gasteiger partial charge in [0.2, 0.25) is 0 Å². The zero-order chi connectivity index (χ0) is 22.4. The van der Waals surface area contributed by atoms with Crippen molar-refractivity contribution < 1.29 is 14.5 Å². The van der Waals surface area contributed by atoms with Gasteiger partial charge in [0.1, 0.15) is 11.4 Å². The number of rotatable bonds is 8. The number of nitrogen functional groups attached to an aromatic ring is 1. The van der Waals surface area contributed by atoms with Gasteiger partial charge in [-0.2, -0.15) is 5.01 Å². The van der Waals surface area contributed by atoms with Gasteiger partial charge in [0.15, 0.2) is 0 Å². The zero-order valence-corrected chi connectivity index (χ0v) is 17.7. The molecule has 1 heterocycles. The molecule has 1 atom stereocenters. The maximum Gasteiger partial charge on any atom is 0.293 e. The van der Waals surface area contributed by atoms with E-state index in [1.807, 2.05) is 0 Å². The number of likely N-dealkylation sites (tertiary alicyclic amines) is 1. The highest BCUT2D eigenvalue weighted by molar-refractivity contribution is 5.98. The number of nitroso groups, excluding NO2 is 1. The molecular weight excluding hydrogens is 402 g/mol. The molecule has 31 heavy (non-hydrogen) atoms. The number of hydrogen-bond acceptors (Lipinski definition) is 8. The standard InChI is InChI=1S/C21H29N5O5/c1-2-31-20-13-18(22)19(26(29)30)12-17(20)21(27)25(23-28)16-8-10-24(11-9-16)14-15-6-4-3-5-7-15/h3-4,12-13,15-16H,2,5-11,14,22H2,1H3. The van der Waals surface area contributed by atoms with Gasteiger partial charge in [0.25, 0.3) is 11.6 Å². The lowest BCUT2D eigenvalue weighted by Crippen LogP contribution is -2.46. The highest BCUT2D eigenvalue weighted by Gasteiger charge is 2.33. The summed E-state index contributed by atoms with van der Waals surface area (Å²) in [6, 6.07) is 1.95. The summed E-state index contributed by atoms with van der Waals surface area (Å²) in [6.07, 6.45) is 9.08. The molecule has 2 aliphatic rings. The molecule has 168 valence electrons. The largest absolute Gasteiger partial charge is 0.493 e. The Morgan fingerprint density at radius 2 is 2.06 bits per heavy atom. The maximum atomic E-state index is 13.1. The molecule has 0 bridgehead atoms. The molecular formula is C21H29N5O5. The lowest BCUT2D eigenvalue weighted by Gasteiger charge is -2.36. The van der Waals surface area contributed by atoms with Gasteiger partial charge in [0, 0.05) is 31.8 Å². The van der Waals surface area contributed by atoms with Crippen LogP contribution in [0.4, 0.5) is 11.4 Å². The van der Waals surface area contributed by atoms with Gasteiger partial charge in [-0.25, -0.2) is 0 Å². The third kappa shape index (κ3) is 5.38. The molecule has 0 radical (unpaired) electrons. The Labute approximate surface area is 181 Å². The molecule has 0 spiro atoms. The lowest BCUT2D eigenvalue weighted by atomic mass is 9.93. The monoisotopic (exact) mass is 431 g/mol. The third-order valence-electron chi connectivity index (χ3n) is 5.95. The van der Waals surface area contributed by atoms with Gasteiger partial charge < -0.3 is 15.4 Å². The first-order valence-electron chi connectivity index (χ1n) is 10.7. The molecule has 0 saturated carbocycles. The first kappa shape index (κ1) is 22.7. The number of ether oxygens (including phenoxy) is 1. The molecule has 10 heteroatoms. The normalized spacial score (nSPS) is 19.7. The van der Waals surface area contributed by atoms with E-state index >= 15 is 0 Å². The average Bonchev–Trinajstić information content (AvgIpc) is 2.76. The number of nitrogens with zero attached hydrogens (tertiary/aromatic N) is 4. The Balaban J connectivity index is 1.71. The van der Waals surface area contributed by atoms with Crippen LogP contribution in [-0.2, 0) is 0 Å². The van der Waals surface area contributed by atoms with Gasteiger partial charge in [-0.15, -0.1) is 4.91 Å². The van der Waals surface area contributed by atoms with E-state index in [1.165, 1.54) is 12.5 Å². The molecule has 1 aliphatic carbocycles. The number of anilines is 1. The van der Waals surface area contributed by atoms with Crippen molar-refractivity contribution in [2.75, 3.05) is 32.0 Å². The van der Waals surface area contributed by atoms with Crippen molar-refractivity contribution in [1.82, 2.24) is 9.91 Å². The van der Waals surface area contributed by atoms with Crippen molar-refractivity contribution in [3.8, 4) is 5.75 Å². The molecule has 1 aromatic carbocycles. The molecule has 1 unspecified atom stereocenters. The second-order valence-electron chi connectivity index (χ2n) is 8.01. The van der Waals surface area contributed by atoms with Crippen LogP contribution in [0.15, 0.2) is 29.6 Å². The van der Waals surface area contributed by atoms with Crippen LogP contribution in [-0.4, -0.2) is 53.0 Å². The first-order valence-corrected chi connectivity index (χ1v) is 10.7. The van der Waals surface area contributed by atoms with Crippen molar-refractivity contribution in [3.05, 3.63) is 44.9 Å². The molecule has 1 amide bonds. The first-order chi connectivity index (χ1) is 14.9. The summed E-state index contributed by atoms with van der Waals surface area (Å²) in [5.41, 5.74) is 5.12. The van der Waals surface area contributed by atoms with Crippen molar-refractivity contribution in [1.29, 1.82) is 0 Å². The Bertz CT molecular complexity index is 851. The van der Waals surface area contributed by atoms with Gasteiger partial charge >= 0.3 is 0 Å². The number of carbonyl (C=O) groups is 1. The minimum Gasteiger partial charge on any atom is -0.493 e. The second kappa shape index (κ2) is 10.3. The molecule has 3 rings (SSSR count). The Morgan fingerprint density at radius 3 is 2.65 bits per heavy atom. The third-order valence-corrected chi connectivity index (χ3v) is 5.95. The van der Waals surface area contributed by atoms with Crippen LogP contribution in [0.25, 0.3) is 0 Å². The number of hydrogen-bond donors (Lipinski definition) is 1. The fourth-order valence-corrected chi connectivity index (χ4v) is 4.31. The van der Waals surface area contributed by atoms with E-state index < -0.39 is 16.5 Å². The van der Waals surface area contributed by atoms with Gasteiger partial charge in [-0.3, -0.25) is 14.9 Å². The smallest absolute Gasteiger partial charge is 0.293 e. The number of nitrogens with two attached hydrogens (primary N) is 1. The highest BCUT2D eigenvalue weighted by atomic mass is 16.6. The van der Waals surface area contributed by atoms with Crippen molar-refractivity contribution in [2.45, 2.75) is 45.1 Å². The number of nitro benzene ring substituents is 1. The molecule has 10 nitrogen and oxygen atoms in total. The fraction of sp³-hybridized carbons (Fsp3) is 0.571. The van der Waals surface area contributed by atoms with Crippen LogP contribution in [0.3, 0.4) is 0 Å². The lowest BCUT2D eigenvalue weighted by molar-refractivity contribution is -0.383. The van der Waals surface area contributed by atoms with Crippen molar-refractivity contribution in [2.24, 2.45) is 11.2 Å². The number of amides is 1. The number of carbonyl (C=O) groups excluding carboxylic acids is 1. The molecule has 1 aliphatic heterocycles. The summed E-state index contributed by atoms with van der Waals surface area (Å²) >= 11 is 0. The molecule has 1 fully saturated rings. The Hall–Kier alpha value is -3.01. The van der Waals surface area contributed by atoms with Crippen LogP contribution in [0.1, 0.15) is 49.4 Å². The number of benzene rings is 1. The number of allylic oxidation sites excluding steroid dienone is 2. The Kier molecular flexibility index (Phi) is 7.56. The van der Waals surface area contributed by atoms with E-state index in [-0.39, 0.29) is 29.6 Å². The minimum absolute atomic E-state index is 0.0845. The van der Waals surface area contributed by atoms with Gasteiger partial charge in [-0.1, -0.05) is 12.2 Å². The van der Waals surface area contributed by atoms with Gasteiger partial charge in [0.05, 0.1) is 28.4 Å².